The molecule has 15 nitrogen and oxygen atoms in total. The SMILES string of the molecule is O=C([O-])c1ccc(N2C(=O)C(=Cc3ccccc3)C(=O)N(c3ccc(C(=O)[O-])c([N+](=O)[O-])c3)C2=O)cc1[N+](=O)[O-].[K+].[K+]. The number of hydrogen-bond acceptors (Lipinski definition) is 11. The molecule has 0 N–H and O–H groups in total. The fourth-order valence-corrected chi connectivity index (χ4v) is 3.87. The van der Waals surface area contributed by atoms with Crippen LogP contribution in [0.2, 0.25) is 0 Å². The molecule has 0 aromatic heterocycles. The van der Waals surface area contributed by atoms with Gasteiger partial charge in [0.25, 0.3) is 23.2 Å². The molecule has 42 heavy (non-hydrogen) atoms. The van der Waals surface area contributed by atoms with Gasteiger partial charge in [0.1, 0.15) is 5.57 Å². The van der Waals surface area contributed by atoms with Crippen LogP contribution in [-0.4, -0.2) is 39.6 Å². The second-order valence-electron chi connectivity index (χ2n) is 8.02. The van der Waals surface area contributed by atoms with Gasteiger partial charge in [0.15, 0.2) is 0 Å². The van der Waals surface area contributed by atoms with E-state index in [0.29, 0.717) is 27.5 Å². The van der Waals surface area contributed by atoms with Crippen LogP contribution in [0.25, 0.3) is 6.08 Å². The van der Waals surface area contributed by atoms with Gasteiger partial charge in [0.2, 0.25) is 0 Å². The third kappa shape index (κ3) is 6.97. The van der Waals surface area contributed by atoms with E-state index in [-0.39, 0.29) is 103 Å². The number of carboxylic acid groups (broad SMARTS) is 2. The molecule has 1 aliphatic heterocycles. The summed E-state index contributed by atoms with van der Waals surface area (Å²) in [6.45, 7) is 0. The van der Waals surface area contributed by atoms with Gasteiger partial charge in [-0.3, -0.25) is 29.8 Å². The molecule has 1 heterocycles. The molecule has 200 valence electrons. The average Bonchev–Trinajstić information content (AvgIpc) is 2.91. The number of benzene rings is 3. The number of carbonyl (C=O) groups is 5. The third-order valence-electron chi connectivity index (χ3n) is 5.67. The van der Waals surface area contributed by atoms with Crippen LogP contribution in [0.4, 0.5) is 27.5 Å². The Morgan fingerprint density at radius 2 is 1.07 bits per heavy atom. The number of aromatic carboxylic acids is 2. The first-order valence-corrected chi connectivity index (χ1v) is 10.9. The molecular formula is C25H12K2N4O11. The van der Waals surface area contributed by atoms with E-state index in [2.05, 4.69) is 0 Å². The fraction of sp³-hybridized carbons (Fsp3) is 0. The molecule has 3 aromatic carbocycles. The van der Waals surface area contributed by atoms with Crippen molar-refractivity contribution in [2.24, 2.45) is 0 Å². The number of urea groups is 1. The van der Waals surface area contributed by atoms with Gasteiger partial charge >= 0.3 is 109 Å². The zero-order valence-electron chi connectivity index (χ0n) is 21.7. The van der Waals surface area contributed by atoms with E-state index in [1.54, 1.807) is 18.2 Å². The van der Waals surface area contributed by atoms with Gasteiger partial charge in [0, 0.05) is 12.1 Å². The summed E-state index contributed by atoms with van der Waals surface area (Å²) < 4.78 is 0. The maximum absolute atomic E-state index is 13.5. The number of nitro groups is 2. The quantitative estimate of drug-likeness (QED) is 0.0796. The number of barbiturate groups is 1. The van der Waals surface area contributed by atoms with Crippen LogP contribution in [0.5, 0.6) is 0 Å². The summed E-state index contributed by atoms with van der Waals surface area (Å²) in [5, 5.41) is 45.6. The Morgan fingerprint density at radius 3 is 1.43 bits per heavy atom. The van der Waals surface area contributed by atoms with Crippen LogP contribution in [0.1, 0.15) is 26.3 Å². The molecule has 1 fully saturated rings. The normalized spacial score (nSPS) is 12.7. The van der Waals surface area contributed by atoms with Crippen molar-refractivity contribution in [3.05, 3.63) is 109 Å². The monoisotopic (exact) mass is 622 g/mol. The van der Waals surface area contributed by atoms with Gasteiger partial charge in [0.05, 0.1) is 44.3 Å². The second kappa shape index (κ2) is 14.5. The Labute approximate surface area is 319 Å². The van der Waals surface area contributed by atoms with E-state index in [4.69, 9.17) is 0 Å². The number of anilines is 2. The molecule has 3 aromatic rings. The predicted molar refractivity (Wildman–Crippen MR) is 130 cm³/mol. The minimum absolute atomic E-state index is 0. The number of carboxylic acids is 2. The van der Waals surface area contributed by atoms with Crippen molar-refractivity contribution in [1.29, 1.82) is 0 Å². The molecule has 0 unspecified atom stereocenters. The van der Waals surface area contributed by atoms with Crippen LogP contribution in [-0.2, 0) is 9.59 Å². The molecule has 17 heteroatoms. The molecule has 0 aliphatic carbocycles. The number of amides is 4. The Morgan fingerprint density at radius 1 is 0.667 bits per heavy atom. The smallest absolute Gasteiger partial charge is 0.545 e. The van der Waals surface area contributed by atoms with Crippen LogP contribution in [0.15, 0.2) is 72.3 Å². The number of nitrogens with zero attached hydrogens (tertiary/aromatic N) is 4. The average molecular weight is 623 g/mol. The van der Waals surface area contributed by atoms with Gasteiger partial charge in [-0.25, -0.2) is 14.6 Å². The van der Waals surface area contributed by atoms with Crippen molar-refractivity contribution >= 4 is 58.6 Å². The minimum atomic E-state index is -1.91. The van der Waals surface area contributed by atoms with E-state index in [1.807, 2.05) is 0 Å². The minimum Gasteiger partial charge on any atom is -0.545 e. The van der Waals surface area contributed by atoms with Crippen LogP contribution >= 0.6 is 0 Å². The summed E-state index contributed by atoms with van der Waals surface area (Å²) in [7, 11) is 0. The number of nitro benzene ring substituents is 2. The molecular weight excluding hydrogens is 610 g/mol. The van der Waals surface area contributed by atoms with E-state index in [1.165, 1.54) is 12.1 Å². The standard InChI is InChI=1S/C25H14N4O11.2K/c30-21-18(10-13-4-2-1-3-5-13)22(31)27(15-7-9-17(24(34)35)20(12-15)29(39)40)25(36)26(21)14-6-8-16(23(32)33)19(11-14)28(37)38;;/h1-12H,(H,32,33)(H,34,35);;/q;2*+1/p-2. The summed E-state index contributed by atoms with van der Waals surface area (Å²) in [5.41, 5.74) is -5.10. The second-order valence-corrected chi connectivity index (χ2v) is 8.02. The summed E-state index contributed by atoms with van der Waals surface area (Å²) in [6, 6.07) is 10.8. The van der Waals surface area contributed by atoms with Crippen molar-refractivity contribution < 1.29 is 147 Å². The van der Waals surface area contributed by atoms with Gasteiger partial charge in [-0.05, 0) is 35.9 Å². The number of rotatable bonds is 7. The first-order chi connectivity index (χ1) is 18.9. The summed E-state index contributed by atoms with van der Waals surface area (Å²) >= 11 is 0. The van der Waals surface area contributed by atoms with E-state index in [9.17, 15) is 54.4 Å². The molecule has 0 radical (unpaired) electrons. The molecule has 4 amide bonds. The molecule has 0 spiro atoms. The Kier molecular flexibility index (Phi) is 12.1. The largest absolute Gasteiger partial charge is 1.00 e. The van der Waals surface area contributed by atoms with E-state index < -0.39 is 79.1 Å². The van der Waals surface area contributed by atoms with Crippen LogP contribution < -0.4 is 123 Å². The molecule has 0 bridgehead atoms. The van der Waals surface area contributed by atoms with Crippen molar-refractivity contribution in [2.45, 2.75) is 0 Å². The van der Waals surface area contributed by atoms with Crippen molar-refractivity contribution in [3.8, 4) is 0 Å². The first kappa shape index (κ1) is 35.2. The summed E-state index contributed by atoms with van der Waals surface area (Å²) in [5.74, 6) is -6.30. The summed E-state index contributed by atoms with van der Waals surface area (Å²) in [4.78, 5) is 84.5. The van der Waals surface area contributed by atoms with Crippen molar-refractivity contribution in [2.75, 3.05) is 9.80 Å². The third-order valence-corrected chi connectivity index (χ3v) is 5.67. The zero-order chi connectivity index (χ0) is 29.3. The predicted octanol–water partition coefficient (Wildman–Crippen LogP) is -5.18. The molecule has 1 aliphatic rings. The Hall–Kier alpha value is -2.98. The topological polar surface area (TPSA) is 224 Å². The van der Waals surface area contributed by atoms with Crippen LogP contribution in [0, 0.1) is 20.2 Å². The van der Waals surface area contributed by atoms with Gasteiger partial charge in [-0.1, -0.05) is 30.3 Å². The Bertz CT molecular complexity index is 1590. The van der Waals surface area contributed by atoms with E-state index >= 15 is 0 Å². The number of hydrogen-bond donors (Lipinski definition) is 0. The molecule has 0 atom stereocenters. The fourth-order valence-electron chi connectivity index (χ4n) is 3.87. The first-order valence-electron chi connectivity index (χ1n) is 10.9. The van der Waals surface area contributed by atoms with Gasteiger partial charge in [-0.2, -0.15) is 0 Å². The summed E-state index contributed by atoms with van der Waals surface area (Å²) in [6.07, 6.45) is 1.10. The Balaban J connectivity index is 0.00000308. The van der Waals surface area contributed by atoms with Gasteiger partial charge < -0.3 is 19.8 Å². The number of carbonyl (C=O) groups excluding carboxylic acids is 5. The molecule has 0 saturated carbocycles. The van der Waals surface area contributed by atoms with E-state index in [0.717, 1.165) is 30.3 Å². The van der Waals surface area contributed by atoms with Crippen molar-refractivity contribution in [1.82, 2.24) is 0 Å². The maximum Gasteiger partial charge on any atom is 1.00 e. The zero-order valence-corrected chi connectivity index (χ0v) is 28.0. The van der Waals surface area contributed by atoms with Crippen molar-refractivity contribution in [3.63, 3.8) is 0 Å². The number of imide groups is 2. The maximum atomic E-state index is 13.5. The molecule has 1 saturated heterocycles. The van der Waals surface area contributed by atoms with Crippen LogP contribution in [0.3, 0.4) is 0 Å². The molecule has 4 rings (SSSR count). The van der Waals surface area contributed by atoms with Gasteiger partial charge in [-0.15, -0.1) is 0 Å².